The largest absolute Gasteiger partial charge is 0.416 e. The van der Waals surface area contributed by atoms with Crippen LogP contribution in [0.1, 0.15) is 29.2 Å². The molecule has 0 saturated carbocycles. The molecular weight excluding hydrogens is 481 g/mol. The van der Waals surface area contributed by atoms with Crippen LogP contribution in [0, 0.1) is 0 Å². The van der Waals surface area contributed by atoms with Gasteiger partial charge in [-0.1, -0.05) is 6.07 Å². The maximum absolute atomic E-state index is 13.2. The number of pyridine rings is 2. The van der Waals surface area contributed by atoms with E-state index in [1.54, 1.807) is 12.3 Å². The van der Waals surface area contributed by atoms with Gasteiger partial charge in [-0.25, -0.2) is 18.7 Å². The zero-order valence-corrected chi connectivity index (χ0v) is 19.4. The standard InChI is InChI=1S/C24H26F5N7/c25-5-10-36(11-6-26)23-32-20(18-4-9-35(16-18)15-17-2-1-7-30-14-17)13-22(34-23)33-21-12-19(3-8-31-21)24(27,28)29/h1-3,7-8,12-14,18H,4-6,9-11,15-16H2,(H,31,32,33,34). The molecule has 1 unspecified atom stereocenters. The summed E-state index contributed by atoms with van der Waals surface area (Å²) in [5, 5.41) is 2.81. The maximum Gasteiger partial charge on any atom is 0.416 e. The molecule has 0 radical (unpaired) electrons. The fourth-order valence-corrected chi connectivity index (χ4v) is 4.16. The highest BCUT2D eigenvalue weighted by Gasteiger charge is 2.31. The van der Waals surface area contributed by atoms with E-state index in [4.69, 9.17) is 0 Å². The third-order valence-electron chi connectivity index (χ3n) is 5.89. The van der Waals surface area contributed by atoms with Gasteiger partial charge in [0.25, 0.3) is 0 Å². The summed E-state index contributed by atoms with van der Waals surface area (Å²) in [7, 11) is 0. The molecular formula is C24H26F5N7. The fraction of sp³-hybridized carbons (Fsp3) is 0.417. The second kappa shape index (κ2) is 11.5. The molecule has 3 aromatic heterocycles. The Kier molecular flexibility index (Phi) is 8.24. The Labute approximate surface area is 205 Å². The van der Waals surface area contributed by atoms with Gasteiger partial charge in [-0.15, -0.1) is 0 Å². The molecule has 1 saturated heterocycles. The summed E-state index contributed by atoms with van der Waals surface area (Å²) in [5.41, 5.74) is 0.871. The molecule has 1 N–H and O–H groups in total. The Hall–Kier alpha value is -3.41. The zero-order valence-electron chi connectivity index (χ0n) is 19.4. The zero-order chi connectivity index (χ0) is 25.5. The Morgan fingerprint density at radius 1 is 1.03 bits per heavy atom. The summed E-state index contributed by atoms with van der Waals surface area (Å²) in [6, 6.07) is 7.30. The third-order valence-corrected chi connectivity index (χ3v) is 5.89. The molecule has 1 aliphatic rings. The van der Waals surface area contributed by atoms with Crippen LogP contribution in [0.3, 0.4) is 0 Å². The first-order valence-electron chi connectivity index (χ1n) is 11.5. The van der Waals surface area contributed by atoms with Crippen LogP contribution in [0.2, 0.25) is 0 Å². The van der Waals surface area contributed by atoms with Gasteiger partial charge in [0.05, 0.1) is 11.3 Å². The maximum atomic E-state index is 13.2. The molecule has 192 valence electrons. The van der Waals surface area contributed by atoms with Crippen molar-refractivity contribution in [1.29, 1.82) is 0 Å². The van der Waals surface area contributed by atoms with Crippen molar-refractivity contribution in [3.63, 3.8) is 0 Å². The summed E-state index contributed by atoms with van der Waals surface area (Å²) in [5.74, 6) is 0.280. The van der Waals surface area contributed by atoms with Crippen molar-refractivity contribution in [2.45, 2.75) is 25.1 Å². The molecule has 4 heterocycles. The highest BCUT2D eigenvalue weighted by molar-refractivity contribution is 5.55. The van der Waals surface area contributed by atoms with Crippen LogP contribution < -0.4 is 10.2 Å². The molecule has 0 spiro atoms. The van der Waals surface area contributed by atoms with E-state index < -0.39 is 25.1 Å². The first-order chi connectivity index (χ1) is 17.4. The number of anilines is 3. The molecule has 0 aliphatic carbocycles. The first-order valence-corrected chi connectivity index (χ1v) is 11.5. The predicted octanol–water partition coefficient (Wildman–Crippen LogP) is 4.76. The number of hydrogen-bond donors (Lipinski definition) is 1. The van der Waals surface area contributed by atoms with Crippen LogP contribution in [0.5, 0.6) is 0 Å². The number of aromatic nitrogens is 4. The number of rotatable bonds is 10. The fourth-order valence-electron chi connectivity index (χ4n) is 4.16. The summed E-state index contributed by atoms with van der Waals surface area (Å²) in [6.45, 7) is 0.562. The summed E-state index contributed by atoms with van der Waals surface area (Å²) < 4.78 is 65.7. The molecule has 0 amide bonds. The molecule has 0 aromatic carbocycles. The van der Waals surface area contributed by atoms with Crippen LogP contribution in [0.25, 0.3) is 0 Å². The predicted molar refractivity (Wildman–Crippen MR) is 126 cm³/mol. The molecule has 12 heteroatoms. The summed E-state index contributed by atoms with van der Waals surface area (Å²) in [4.78, 5) is 20.7. The lowest BCUT2D eigenvalue weighted by molar-refractivity contribution is -0.137. The molecule has 3 aromatic rings. The van der Waals surface area contributed by atoms with Gasteiger partial charge in [0.2, 0.25) is 5.95 Å². The number of alkyl halides is 5. The number of nitrogens with one attached hydrogen (secondary N) is 1. The Bertz CT molecular complexity index is 1120. The lowest BCUT2D eigenvalue weighted by atomic mass is 10.0. The molecule has 7 nitrogen and oxygen atoms in total. The van der Waals surface area contributed by atoms with E-state index in [0.29, 0.717) is 12.2 Å². The monoisotopic (exact) mass is 507 g/mol. The SMILES string of the molecule is FCCN(CCF)c1nc(Nc2cc(C(F)(F)F)ccn2)cc(C2CCN(Cc3cccnc3)C2)n1. The number of likely N-dealkylation sites (tertiary alicyclic amines) is 1. The van der Waals surface area contributed by atoms with Crippen molar-refractivity contribution < 1.29 is 22.0 Å². The molecule has 36 heavy (non-hydrogen) atoms. The number of hydrogen-bond acceptors (Lipinski definition) is 7. The van der Waals surface area contributed by atoms with Crippen molar-refractivity contribution in [3.05, 3.63) is 65.7 Å². The van der Waals surface area contributed by atoms with Gasteiger partial charge < -0.3 is 10.2 Å². The van der Waals surface area contributed by atoms with Crippen molar-refractivity contribution in [2.75, 3.05) is 49.7 Å². The highest BCUT2D eigenvalue weighted by Crippen LogP contribution is 2.32. The summed E-state index contributed by atoms with van der Waals surface area (Å²) in [6.07, 6.45) is 0.852. The molecule has 0 bridgehead atoms. The average molecular weight is 508 g/mol. The third kappa shape index (κ3) is 6.62. The van der Waals surface area contributed by atoms with Gasteiger partial charge in [-0.2, -0.15) is 18.2 Å². The lowest BCUT2D eigenvalue weighted by Gasteiger charge is -2.22. The van der Waals surface area contributed by atoms with Crippen molar-refractivity contribution >= 4 is 17.6 Å². The Balaban J connectivity index is 1.60. The van der Waals surface area contributed by atoms with Crippen molar-refractivity contribution in [1.82, 2.24) is 24.8 Å². The quantitative estimate of drug-likeness (QED) is 0.397. The lowest BCUT2D eigenvalue weighted by Crippen LogP contribution is -2.30. The molecule has 1 fully saturated rings. The minimum absolute atomic E-state index is 0.0102. The molecule has 1 aliphatic heterocycles. The summed E-state index contributed by atoms with van der Waals surface area (Å²) >= 11 is 0. The number of halogens is 5. The van der Waals surface area contributed by atoms with Gasteiger partial charge in [-0.3, -0.25) is 9.88 Å². The molecule has 1 atom stereocenters. The smallest absolute Gasteiger partial charge is 0.336 e. The van der Waals surface area contributed by atoms with Crippen LogP contribution >= 0.6 is 0 Å². The normalized spacial score (nSPS) is 16.3. The van der Waals surface area contributed by atoms with Gasteiger partial charge in [0.15, 0.2) is 0 Å². The van der Waals surface area contributed by atoms with E-state index in [2.05, 4.69) is 30.2 Å². The van der Waals surface area contributed by atoms with Crippen LogP contribution in [-0.4, -0.2) is 64.4 Å². The second-order valence-electron chi connectivity index (χ2n) is 8.48. The van der Waals surface area contributed by atoms with Crippen LogP contribution in [0.15, 0.2) is 48.9 Å². The Morgan fingerprint density at radius 3 is 2.53 bits per heavy atom. The van der Waals surface area contributed by atoms with Gasteiger partial charge >= 0.3 is 6.18 Å². The van der Waals surface area contributed by atoms with E-state index in [1.165, 1.54) is 4.90 Å². The second-order valence-corrected chi connectivity index (χ2v) is 8.48. The van der Waals surface area contributed by atoms with Crippen molar-refractivity contribution in [2.24, 2.45) is 0 Å². The van der Waals surface area contributed by atoms with Crippen molar-refractivity contribution in [3.8, 4) is 0 Å². The van der Waals surface area contributed by atoms with E-state index in [0.717, 1.165) is 43.4 Å². The first kappa shape index (κ1) is 25.7. The van der Waals surface area contributed by atoms with Gasteiger partial charge in [0.1, 0.15) is 25.0 Å². The van der Waals surface area contributed by atoms with Crippen LogP contribution in [-0.2, 0) is 12.7 Å². The average Bonchev–Trinajstić information content (AvgIpc) is 3.32. The van der Waals surface area contributed by atoms with E-state index in [9.17, 15) is 22.0 Å². The van der Waals surface area contributed by atoms with E-state index in [-0.39, 0.29) is 36.6 Å². The highest BCUT2D eigenvalue weighted by atomic mass is 19.4. The molecule has 4 rings (SSSR count). The van der Waals surface area contributed by atoms with Crippen LogP contribution in [0.4, 0.5) is 39.5 Å². The van der Waals surface area contributed by atoms with Gasteiger partial charge in [-0.05, 0) is 36.7 Å². The minimum atomic E-state index is -4.53. The van der Waals surface area contributed by atoms with Gasteiger partial charge in [0, 0.05) is 56.8 Å². The Morgan fingerprint density at radius 2 is 1.83 bits per heavy atom. The topological polar surface area (TPSA) is 70.1 Å². The number of nitrogens with zero attached hydrogens (tertiary/aromatic N) is 6. The van der Waals surface area contributed by atoms with E-state index in [1.807, 2.05) is 18.3 Å². The van der Waals surface area contributed by atoms with E-state index >= 15 is 0 Å². The minimum Gasteiger partial charge on any atom is -0.336 e.